The molecule has 0 aliphatic heterocycles. The van der Waals surface area contributed by atoms with Crippen LogP contribution < -0.4 is 4.74 Å². The monoisotopic (exact) mass is 333 g/mol. The van der Waals surface area contributed by atoms with E-state index in [1.807, 2.05) is 30.3 Å². The fraction of sp³-hybridized carbons (Fsp3) is 0.318. The van der Waals surface area contributed by atoms with Crippen LogP contribution in [-0.4, -0.2) is 11.6 Å². The third-order valence-corrected chi connectivity index (χ3v) is 4.80. The molecule has 4 rings (SSSR count). The number of nitrogens with zero attached hydrogens (tertiary/aromatic N) is 1. The summed E-state index contributed by atoms with van der Waals surface area (Å²) in [5, 5.41) is 0. The zero-order valence-electron chi connectivity index (χ0n) is 14.6. The number of hydrogen-bond acceptors (Lipinski definition) is 3. The predicted molar refractivity (Wildman–Crippen MR) is 99.0 cm³/mol. The average molecular weight is 333 g/mol. The van der Waals surface area contributed by atoms with E-state index in [1.165, 1.54) is 30.4 Å². The number of benzene rings is 2. The van der Waals surface area contributed by atoms with Crippen molar-refractivity contribution in [2.24, 2.45) is 0 Å². The quantitative estimate of drug-likeness (QED) is 0.636. The maximum atomic E-state index is 5.97. The average Bonchev–Trinajstić information content (AvgIpc) is 3.28. The summed E-state index contributed by atoms with van der Waals surface area (Å²) in [6.45, 7) is 2.71. The van der Waals surface area contributed by atoms with Gasteiger partial charge in [0.05, 0.1) is 12.3 Å². The second-order valence-electron chi connectivity index (χ2n) is 6.49. The highest BCUT2D eigenvalue weighted by Gasteiger charge is 2.14. The van der Waals surface area contributed by atoms with Crippen molar-refractivity contribution < 1.29 is 9.15 Å². The van der Waals surface area contributed by atoms with Gasteiger partial charge in [-0.15, -0.1) is 0 Å². The third-order valence-electron chi connectivity index (χ3n) is 4.80. The van der Waals surface area contributed by atoms with E-state index in [4.69, 9.17) is 14.1 Å². The Kier molecular flexibility index (Phi) is 4.55. The van der Waals surface area contributed by atoms with Gasteiger partial charge in [0, 0.05) is 18.4 Å². The Morgan fingerprint density at radius 1 is 1.04 bits per heavy atom. The largest absolute Gasteiger partial charge is 0.493 e. The SMILES string of the molecule is CCc1oc(-c2ccccc2)nc1CCOc1ccc2c(c1)CCC2. The number of aryl methyl sites for hydroxylation is 3. The van der Waals surface area contributed by atoms with Crippen molar-refractivity contribution in [2.75, 3.05) is 6.61 Å². The van der Waals surface area contributed by atoms with E-state index < -0.39 is 0 Å². The molecule has 2 aromatic carbocycles. The molecular formula is C22H23NO2. The van der Waals surface area contributed by atoms with Crippen LogP contribution in [0.15, 0.2) is 52.9 Å². The van der Waals surface area contributed by atoms with E-state index in [1.54, 1.807) is 0 Å². The number of ether oxygens (including phenoxy) is 1. The Morgan fingerprint density at radius 2 is 1.88 bits per heavy atom. The molecule has 1 aliphatic rings. The molecule has 3 heteroatoms. The molecule has 0 radical (unpaired) electrons. The molecule has 1 aromatic heterocycles. The fourth-order valence-electron chi connectivity index (χ4n) is 3.46. The smallest absolute Gasteiger partial charge is 0.226 e. The van der Waals surface area contributed by atoms with E-state index in [2.05, 4.69) is 25.1 Å². The van der Waals surface area contributed by atoms with Crippen LogP contribution in [0, 0.1) is 0 Å². The molecule has 3 nitrogen and oxygen atoms in total. The van der Waals surface area contributed by atoms with Gasteiger partial charge in [-0.3, -0.25) is 0 Å². The van der Waals surface area contributed by atoms with E-state index in [9.17, 15) is 0 Å². The normalized spacial score (nSPS) is 13.0. The van der Waals surface area contributed by atoms with Gasteiger partial charge in [-0.2, -0.15) is 0 Å². The number of fused-ring (bicyclic) bond motifs is 1. The number of oxazole rings is 1. The van der Waals surface area contributed by atoms with Crippen molar-refractivity contribution in [1.82, 2.24) is 4.98 Å². The molecule has 0 atom stereocenters. The van der Waals surface area contributed by atoms with Gasteiger partial charge in [0.15, 0.2) is 0 Å². The molecule has 0 N–H and O–H groups in total. The minimum atomic E-state index is 0.618. The molecule has 0 unspecified atom stereocenters. The maximum Gasteiger partial charge on any atom is 0.226 e. The predicted octanol–water partition coefficient (Wildman–Crippen LogP) is 5.01. The number of rotatable bonds is 6. The summed E-state index contributed by atoms with van der Waals surface area (Å²) in [5.74, 6) is 2.62. The van der Waals surface area contributed by atoms with Gasteiger partial charge in [0.2, 0.25) is 5.89 Å². The molecule has 0 bridgehead atoms. The van der Waals surface area contributed by atoms with E-state index in [0.29, 0.717) is 12.5 Å². The molecular weight excluding hydrogens is 310 g/mol. The Balaban J connectivity index is 1.43. The van der Waals surface area contributed by atoms with E-state index in [0.717, 1.165) is 35.6 Å². The van der Waals surface area contributed by atoms with Crippen molar-refractivity contribution in [2.45, 2.75) is 39.0 Å². The van der Waals surface area contributed by atoms with Crippen molar-refractivity contribution in [3.63, 3.8) is 0 Å². The lowest BCUT2D eigenvalue weighted by Gasteiger charge is -2.07. The zero-order valence-corrected chi connectivity index (χ0v) is 14.6. The van der Waals surface area contributed by atoms with Crippen LogP contribution in [0.2, 0.25) is 0 Å². The van der Waals surface area contributed by atoms with Crippen LogP contribution in [-0.2, 0) is 25.7 Å². The summed E-state index contributed by atoms with van der Waals surface area (Å²) in [6.07, 6.45) is 5.25. The second-order valence-corrected chi connectivity index (χ2v) is 6.49. The minimum absolute atomic E-state index is 0.618. The molecule has 128 valence electrons. The van der Waals surface area contributed by atoms with Crippen LogP contribution in [0.3, 0.4) is 0 Å². The summed E-state index contributed by atoms with van der Waals surface area (Å²) in [4.78, 5) is 4.69. The van der Waals surface area contributed by atoms with E-state index in [-0.39, 0.29) is 0 Å². The van der Waals surface area contributed by atoms with E-state index >= 15 is 0 Å². The topological polar surface area (TPSA) is 35.3 Å². The summed E-state index contributed by atoms with van der Waals surface area (Å²) in [7, 11) is 0. The third kappa shape index (κ3) is 3.46. The molecule has 0 saturated carbocycles. The van der Waals surface area contributed by atoms with Crippen LogP contribution in [0.5, 0.6) is 5.75 Å². The first-order valence-corrected chi connectivity index (χ1v) is 9.12. The second kappa shape index (κ2) is 7.14. The summed E-state index contributed by atoms with van der Waals surface area (Å²) in [6, 6.07) is 16.5. The minimum Gasteiger partial charge on any atom is -0.493 e. The highest BCUT2D eigenvalue weighted by atomic mass is 16.5. The molecule has 0 fully saturated rings. The van der Waals surface area contributed by atoms with Crippen LogP contribution >= 0.6 is 0 Å². The van der Waals surface area contributed by atoms with Crippen LogP contribution in [0.25, 0.3) is 11.5 Å². The lowest BCUT2D eigenvalue weighted by molar-refractivity contribution is 0.319. The first kappa shape index (κ1) is 15.9. The van der Waals surface area contributed by atoms with Crippen LogP contribution in [0.1, 0.15) is 35.9 Å². The summed E-state index contributed by atoms with van der Waals surface area (Å²) < 4.78 is 11.9. The highest BCUT2D eigenvalue weighted by Crippen LogP contribution is 2.26. The van der Waals surface area contributed by atoms with Crippen molar-refractivity contribution in [3.8, 4) is 17.2 Å². The van der Waals surface area contributed by atoms with Crippen LogP contribution in [0.4, 0.5) is 0 Å². The van der Waals surface area contributed by atoms with Crippen molar-refractivity contribution in [3.05, 3.63) is 71.1 Å². The lowest BCUT2D eigenvalue weighted by atomic mass is 10.1. The standard InChI is InChI=1S/C22H23NO2/c1-2-21-20(23-22(25-21)17-7-4-3-5-8-17)13-14-24-19-12-11-16-9-6-10-18(16)15-19/h3-5,7-8,11-12,15H,2,6,9-10,13-14H2,1H3. The molecule has 1 heterocycles. The van der Waals surface area contributed by atoms with Gasteiger partial charge in [0.1, 0.15) is 11.5 Å². The molecule has 3 aromatic rings. The number of hydrogen-bond donors (Lipinski definition) is 0. The Morgan fingerprint density at radius 3 is 2.72 bits per heavy atom. The van der Waals surface area contributed by atoms with Gasteiger partial charge in [-0.1, -0.05) is 31.2 Å². The van der Waals surface area contributed by atoms with Gasteiger partial charge in [-0.25, -0.2) is 4.98 Å². The number of aromatic nitrogens is 1. The molecule has 0 amide bonds. The summed E-state index contributed by atoms with van der Waals surface area (Å²) in [5.41, 5.74) is 4.94. The van der Waals surface area contributed by atoms with Gasteiger partial charge >= 0.3 is 0 Å². The molecule has 1 aliphatic carbocycles. The van der Waals surface area contributed by atoms with Gasteiger partial charge in [-0.05, 0) is 54.7 Å². The van der Waals surface area contributed by atoms with Crippen molar-refractivity contribution >= 4 is 0 Å². The molecule has 25 heavy (non-hydrogen) atoms. The summed E-state index contributed by atoms with van der Waals surface area (Å²) >= 11 is 0. The first-order valence-electron chi connectivity index (χ1n) is 9.12. The Bertz CT molecular complexity index is 852. The fourth-order valence-corrected chi connectivity index (χ4v) is 3.46. The van der Waals surface area contributed by atoms with Gasteiger partial charge < -0.3 is 9.15 Å². The zero-order chi connectivity index (χ0) is 17.1. The molecule has 0 saturated heterocycles. The Hall–Kier alpha value is -2.55. The van der Waals surface area contributed by atoms with Gasteiger partial charge in [0.25, 0.3) is 0 Å². The highest BCUT2D eigenvalue weighted by molar-refractivity contribution is 5.53. The van der Waals surface area contributed by atoms with Crippen molar-refractivity contribution in [1.29, 1.82) is 0 Å². The maximum absolute atomic E-state index is 5.97. The Labute approximate surface area is 148 Å². The molecule has 0 spiro atoms. The first-order chi connectivity index (χ1) is 12.3. The lowest BCUT2D eigenvalue weighted by Crippen LogP contribution is -2.03.